The summed E-state index contributed by atoms with van der Waals surface area (Å²) in [5.74, 6) is 1.78. The van der Waals surface area contributed by atoms with E-state index in [9.17, 15) is 0 Å². The molecule has 0 fully saturated rings. The molecule has 2 heterocycles. The second-order valence-corrected chi connectivity index (χ2v) is 7.43. The van der Waals surface area contributed by atoms with Crippen molar-refractivity contribution in [3.05, 3.63) is 47.8 Å². The number of rotatable bonds is 5. The van der Waals surface area contributed by atoms with E-state index in [4.69, 9.17) is 4.74 Å². The quantitative estimate of drug-likeness (QED) is 0.492. The Hall–Kier alpha value is -2.50. The van der Waals surface area contributed by atoms with Gasteiger partial charge in [0.2, 0.25) is 0 Å². The van der Waals surface area contributed by atoms with Gasteiger partial charge < -0.3 is 15.4 Å². The van der Waals surface area contributed by atoms with E-state index in [1.54, 1.807) is 0 Å². The zero-order valence-electron chi connectivity index (χ0n) is 16.1. The smallest absolute Gasteiger partial charge is 0.191 e. The van der Waals surface area contributed by atoms with Crippen molar-refractivity contribution >= 4 is 5.96 Å². The van der Waals surface area contributed by atoms with Gasteiger partial charge in [-0.3, -0.25) is 9.67 Å². The predicted octanol–water partition coefficient (Wildman–Crippen LogP) is 2.82. The minimum absolute atomic E-state index is 0.180. The number of aromatic nitrogens is 2. The van der Waals surface area contributed by atoms with Gasteiger partial charge in [-0.2, -0.15) is 5.10 Å². The zero-order valence-corrected chi connectivity index (χ0v) is 16.1. The Balaban J connectivity index is 1.56. The van der Waals surface area contributed by atoms with E-state index in [-0.39, 0.29) is 11.6 Å². The average molecular weight is 355 g/mol. The molecular formula is C20H29N5O. The summed E-state index contributed by atoms with van der Waals surface area (Å²) in [6, 6.07) is 8.41. The number of ether oxygens (including phenoxy) is 1. The van der Waals surface area contributed by atoms with Crippen LogP contribution in [0.15, 0.2) is 41.7 Å². The molecule has 26 heavy (non-hydrogen) atoms. The number of benzene rings is 1. The van der Waals surface area contributed by atoms with Crippen molar-refractivity contribution in [1.29, 1.82) is 0 Å². The molecule has 1 aromatic heterocycles. The van der Waals surface area contributed by atoms with Crippen molar-refractivity contribution in [3.63, 3.8) is 0 Å². The predicted molar refractivity (Wildman–Crippen MR) is 105 cm³/mol. The molecule has 6 nitrogen and oxygen atoms in total. The molecule has 0 saturated carbocycles. The molecule has 2 N–H and O–H groups in total. The molecule has 1 aliphatic heterocycles. The largest absolute Gasteiger partial charge is 0.487 e. The lowest BCUT2D eigenvalue weighted by Gasteiger charge is -2.38. The van der Waals surface area contributed by atoms with Gasteiger partial charge in [-0.1, -0.05) is 18.2 Å². The van der Waals surface area contributed by atoms with Crippen LogP contribution in [-0.2, 0) is 13.5 Å². The number of hydrogen-bond donors (Lipinski definition) is 2. The molecule has 2 aromatic rings. The lowest BCUT2D eigenvalue weighted by atomic mass is 9.90. The number of nitrogens with zero attached hydrogens (tertiary/aromatic N) is 3. The molecular weight excluding hydrogens is 326 g/mol. The lowest BCUT2D eigenvalue weighted by Crippen LogP contribution is -2.45. The van der Waals surface area contributed by atoms with Crippen LogP contribution in [0.3, 0.4) is 0 Å². The summed E-state index contributed by atoms with van der Waals surface area (Å²) in [4.78, 5) is 4.39. The van der Waals surface area contributed by atoms with E-state index in [1.807, 2.05) is 37.1 Å². The van der Waals surface area contributed by atoms with Gasteiger partial charge in [-0.05, 0) is 38.3 Å². The SMILES string of the molecule is CN=C(NCCCc1cnn(C)c1)NC1CC(C)(C)Oc2ccccc21. The summed E-state index contributed by atoms with van der Waals surface area (Å²) in [5, 5.41) is 11.2. The first-order chi connectivity index (χ1) is 12.5. The highest BCUT2D eigenvalue weighted by Gasteiger charge is 2.33. The van der Waals surface area contributed by atoms with Crippen LogP contribution in [0.5, 0.6) is 5.75 Å². The summed E-state index contributed by atoms with van der Waals surface area (Å²) < 4.78 is 7.95. The Labute approximate surface area is 155 Å². The normalized spacial score (nSPS) is 18.8. The Morgan fingerprint density at radius 1 is 1.38 bits per heavy atom. The molecule has 0 aliphatic carbocycles. The van der Waals surface area contributed by atoms with E-state index in [2.05, 4.69) is 52.9 Å². The molecule has 1 aromatic carbocycles. The van der Waals surface area contributed by atoms with Crippen LogP contribution in [0.25, 0.3) is 0 Å². The number of aryl methyl sites for hydroxylation is 2. The summed E-state index contributed by atoms with van der Waals surface area (Å²) in [5.41, 5.74) is 2.24. The van der Waals surface area contributed by atoms with E-state index in [1.165, 1.54) is 11.1 Å². The second-order valence-electron chi connectivity index (χ2n) is 7.43. The third kappa shape index (κ3) is 4.56. The Morgan fingerprint density at radius 3 is 2.92 bits per heavy atom. The Kier molecular flexibility index (Phi) is 5.49. The third-order valence-electron chi connectivity index (χ3n) is 4.60. The molecule has 6 heteroatoms. The highest BCUT2D eigenvalue weighted by atomic mass is 16.5. The zero-order chi connectivity index (χ0) is 18.6. The summed E-state index contributed by atoms with van der Waals surface area (Å²) in [6.45, 7) is 5.12. The fourth-order valence-corrected chi connectivity index (χ4v) is 3.39. The third-order valence-corrected chi connectivity index (χ3v) is 4.60. The number of nitrogens with one attached hydrogen (secondary N) is 2. The van der Waals surface area contributed by atoms with Crippen LogP contribution in [-0.4, -0.2) is 34.9 Å². The van der Waals surface area contributed by atoms with Gasteiger partial charge in [-0.15, -0.1) is 0 Å². The first-order valence-corrected chi connectivity index (χ1v) is 9.19. The fraction of sp³-hybridized carbons (Fsp3) is 0.500. The van der Waals surface area contributed by atoms with E-state index >= 15 is 0 Å². The lowest BCUT2D eigenvalue weighted by molar-refractivity contribution is 0.0694. The fourth-order valence-electron chi connectivity index (χ4n) is 3.39. The molecule has 0 saturated heterocycles. The van der Waals surface area contributed by atoms with Crippen LogP contribution in [0.2, 0.25) is 0 Å². The van der Waals surface area contributed by atoms with E-state index in [0.29, 0.717) is 0 Å². The van der Waals surface area contributed by atoms with Crippen molar-refractivity contribution in [1.82, 2.24) is 20.4 Å². The van der Waals surface area contributed by atoms with Crippen molar-refractivity contribution in [3.8, 4) is 5.75 Å². The highest BCUT2D eigenvalue weighted by Crippen LogP contribution is 2.39. The van der Waals surface area contributed by atoms with Crippen LogP contribution >= 0.6 is 0 Å². The van der Waals surface area contributed by atoms with Gasteiger partial charge in [0, 0.05) is 38.8 Å². The van der Waals surface area contributed by atoms with Gasteiger partial charge in [0.25, 0.3) is 0 Å². The average Bonchev–Trinajstić information content (AvgIpc) is 3.01. The summed E-state index contributed by atoms with van der Waals surface area (Å²) in [6.07, 6.45) is 6.91. The van der Waals surface area contributed by atoms with Crippen molar-refractivity contribution in [2.24, 2.45) is 12.0 Å². The summed E-state index contributed by atoms with van der Waals surface area (Å²) >= 11 is 0. The van der Waals surface area contributed by atoms with Crippen molar-refractivity contribution < 1.29 is 4.74 Å². The Morgan fingerprint density at radius 2 is 2.19 bits per heavy atom. The maximum absolute atomic E-state index is 6.11. The maximum atomic E-state index is 6.11. The summed E-state index contributed by atoms with van der Waals surface area (Å²) in [7, 11) is 3.76. The van der Waals surface area contributed by atoms with Crippen molar-refractivity contribution in [2.45, 2.75) is 44.8 Å². The first-order valence-electron chi connectivity index (χ1n) is 9.19. The van der Waals surface area contributed by atoms with Gasteiger partial charge >= 0.3 is 0 Å². The second kappa shape index (κ2) is 7.81. The molecule has 0 radical (unpaired) electrons. The van der Waals surface area contributed by atoms with Gasteiger partial charge in [0.05, 0.1) is 12.2 Å². The van der Waals surface area contributed by atoms with E-state index < -0.39 is 0 Å². The molecule has 1 atom stereocenters. The number of aliphatic imine (C=N–C) groups is 1. The molecule has 3 rings (SSSR count). The standard InChI is InChI=1S/C20H29N5O/c1-20(2)12-17(16-9-5-6-10-18(16)26-20)24-19(21-3)22-11-7-8-15-13-23-25(4)14-15/h5-6,9-10,13-14,17H,7-8,11-12H2,1-4H3,(H2,21,22,24). The molecule has 140 valence electrons. The topological polar surface area (TPSA) is 63.5 Å². The van der Waals surface area contributed by atoms with Crippen LogP contribution < -0.4 is 15.4 Å². The van der Waals surface area contributed by atoms with Crippen LogP contribution in [0, 0.1) is 0 Å². The van der Waals surface area contributed by atoms with Gasteiger partial charge in [-0.25, -0.2) is 0 Å². The monoisotopic (exact) mass is 355 g/mol. The minimum atomic E-state index is -0.203. The van der Waals surface area contributed by atoms with Crippen LogP contribution in [0.1, 0.15) is 43.9 Å². The van der Waals surface area contributed by atoms with E-state index in [0.717, 1.165) is 37.5 Å². The van der Waals surface area contributed by atoms with Crippen molar-refractivity contribution in [2.75, 3.05) is 13.6 Å². The molecule has 1 aliphatic rings. The first kappa shape index (κ1) is 18.3. The minimum Gasteiger partial charge on any atom is -0.487 e. The number of fused-ring (bicyclic) bond motifs is 1. The number of guanidine groups is 1. The van der Waals surface area contributed by atoms with Crippen LogP contribution in [0.4, 0.5) is 0 Å². The molecule has 0 bridgehead atoms. The Bertz CT molecular complexity index is 765. The molecule has 0 amide bonds. The maximum Gasteiger partial charge on any atom is 0.191 e. The highest BCUT2D eigenvalue weighted by molar-refractivity contribution is 5.80. The molecule has 1 unspecified atom stereocenters. The molecule has 0 spiro atoms. The number of hydrogen-bond acceptors (Lipinski definition) is 3. The number of para-hydroxylation sites is 1. The van der Waals surface area contributed by atoms with Gasteiger partial charge in [0.15, 0.2) is 5.96 Å². The van der Waals surface area contributed by atoms with Gasteiger partial charge in [0.1, 0.15) is 11.4 Å².